The van der Waals surface area contributed by atoms with Crippen LogP contribution in [0.2, 0.25) is 0 Å². The standard InChI is InChI=1S/C12H17N3/c1-15-7-3-5-9-11(13)8-4-2-6-10(8)14-12(9)15/h2-7H2,1H3,(H2,13,14)/p+1. The molecule has 3 rings (SSSR count). The lowest BCUT2D eigenvalue weighted by Crippen LogP contribution is -2.34. The second-order valence-corrected chi connectivity index (χ2v) is 4.70. The minimum Gasteiger partial charge on any atom is -0.398 e. The van der Waals surface area contributed by atoms with Crippen molar-refractivity contribution in [3.8, 4) is 0 Å². The highest BCUT2D eigenvalue weighted by Crippen LogP contribution is 2.33. The van der Waals surface area contributed by atoms with E-state index in [-0.39, 0.29) is 0 Å². The van der Waals surface area contributed by atoms with Crippen LogP contribution in [-0.4, -0.2) is 13.6 Å². The van der Waals surface area contributed by atoms with Gasteiger partial charge in [0.15, 0.2) is 0 Å². The molecule has 0 bridgehead atoms. The number of nitrogens with zero attached hydrogens (tertiary/aromatic N) is 1. The lowest BCUT2D eigenvalue weighted by Gasteiger charge is -2.22. The van der Waals surface area contributed by atoms with Gasteiger partial charge < -0.3 is 5.73 Å². The van der Waals surface area contributed by atoms with Crippen molar-refractivity contribution >= 4 is 11.5 Å². The normalized spacial score (nSPS) is 18.9. The molecule has 15 heavy (non-hydrogen) atoms. The van der Waals surface area contributed by atoms with Crippen molar-refractivity contribution in [1.29, 1.82) is 0 Å². The number of aromatic amines is 1. The van der Waals surface area contributed by atoms with Gasteiger partial charge >= 0.3 is 0 Å². The number of nitrogen functional groups attached to an aromatic ring is 1. The van der Waals surface area contributed by atoms with Gasteiger partial charge in [-0.3, -0.25) is 4.90 Å². The Balaban J connectivity index is 2.21. The van der Waals surface area contributed by atoms with Crippen molar-refractivity contribution in [2.75, 3.05) is 24.2 Å². The van der Waals surface area contributed by atoms with Crippen LogP contribution in [0, 0.1) is 0 Å². The van der Waals surface area contributed by atoms with Crippen LogP contribution in [0.1, 0.15) is 29.7 Å². The van der Waals surface area contributed by atoms with Gasteiger partial charge in [0.2, 0.25) is 0 Å². The first-order valence-electron chi connectivity index (χ1n) is 5.84. The van der Waals surface area contributed by atoms with Gasteiger partial charge in [0.1, 0.15) is 5.69 Å². The van der Waals surface area contributed by atoms with Crippen LogP contribution < -0.4 is 15.6 Å². The Morgan fingerprint density at radius 1 is 1.13 bits per heavy atom. The van der Waals surface area contributed by atoms with Gasteiger partial charge in [0.05, 0.1) is 24.8 Å². The molecule has 1 aromatic rings. The van der Waals surface area contributed by atoms with E-state index in [4.69, 9.17) is 5.73 Å². The molecule has 0 atom stereocenters. The number of hydrogen-bond donors (Lipinski definition) is 1. The van der Waals surface area contributed by atoms with Crippen molar-refractivity contribution in [3.05, 3.63) is 16.8 Å². The van der Waals surface area contributed by atoms with Crippen LogP contribution in [0.25, 0.3) is 0 Å². The highest BCUT2D eigenvalue weighted by Gasteiger charge is 2.29. The van der Waals surface area contributed by atoms with E-state index < -0.39 is 0 Å². The number of nitrogens with two attached hydrogens (primary N) is 1. The summed E-state index contributed by atoms with van der Waals surface area (Å²) < 4.78 is 0. The van der Waals surface area contributed by atoms with Gasteiger partial charge in [-0.15, -0.1) is 0 Å². The Labute approximate surface area is 90.3 Å². The second-order valence-electron chi connectivity index (χ2n) is 4.70. The lowest BCUT2D eigenvalue weighted by molar-refractivity contribution is -0.376. The summed E-state index contributed by atoms with van der Waals surface area (Å²) in [4.78, 5) is 5.88. The van der Waals surface area contributed by atoms with E-state index in [9.17, 15) is 0 Å². The SMILES string of the molecule is CN1CCCc2c1[nH+]c1c(c2N)CCC1. The van der Waals surface area contributed by atoms with Crippen molar-refractivity contribution in [2.45, 2.75) is 32.1 Å². The van der Waals surface area contributed by atoms with E-state index in [0.29, 0.717) is 0 Å². The maximum Gasteiger partial charge on any atom is 0.279 e. The van der Waals surface area contributed by atoms with E-state index in [1.807, 2.05) is 0 Å². The third-order valence-corrected chi connectivity index (χ3v) is 3.73. The summed E-state index contributed by atoms with van der Waals surface area (Å²) in [7, 11) is 2.15. The molecular weight excluding hydrogens is 186 g/mol. The van der Waals surface area contributed by atoms with Crippen molar-refractivity contribution in [3.63, 3.8) is 0 Å². The number of anilines is 2. The molecule has 0 aromatic carbocycles. The summed E-state index contributed by atoms with van der Waals surface area (Å²) in [5.41, 5.74) is 11.5. The number of pyridine rings is 1. The maximum absolute atomic E-state index is 6.27. The fourth-order valence-corrected chi connectivity index (χ4v) is 2.89. The number of fused-ring (bicyclic) bond motifs is 2. The predicted octanol–water partition coefficient (Wildman–Crippen LogP) is 0.954. The van der Waals surface area contributed by atoms with E-state index in [0.717, 1.165) is 25.1 Å². The van der Waals surface area contributed by atoms with Gasteiger partial charge in [0.25, 0.3) is 5.82 Å². The van der Waals surface area contributed by atoms with Crippen molar-refractivity contribution < 1.29 is 4.98 Å². The molecule has 1 aliphatic carbocycles. The number of aromatic nitrogens is 1. The lowest BCUT2D eigenvalue weighted by atomic mass is 10.00. The minimum atomic E-state index is 1.07. The first-order valence-corrected chi connectivity index (χ1v) is 5.84. The van der Waals surface area contributed by atoms with E-state index in [1.54, 1.807) is 0 Å². The van der Waals surface area contributed by atoms with Gasteiger partial charge in [-0.1, -0.05) is 0 Å². The van der Waals surface area contributed by atoms with Gasteiger partial charge in [0, 0.05) is 12.0 Å². The molecule has 2 heterocycles. The molecule has 2 aliphatic rings. The van der Waals surface area contributed by atoms with Crippen LogP contribution in [-0.2, 0) is 19.3 Å². The molecule has 0 unspecified atom stereocenters. The Hall–Kier alpha value is -1.25. The fourth-order valence-electron chi connectivity index (χ4n) is 2.89. The zero-order valence-electron chi connectivity index (χ0n) is 9.27. The molecule has 0 amide bonds. The number of H-pyrrole nitrogens is 1. The molecule has 1 aromatic heterocycles. The number of nitrogens with one attached hydrogen (secondary N) is 1. The molecule has 0 spiro atoms. The Kier molecular flexibility index (Phi) is 1.87. The number of hydrogen-bond acceptors (Lipinski definition) is 2. The van der Waals surface area contributed by atoms with Crippen LogP contribution in [0.3, 0.4) is 0 Å². The van der Waals surface area contributed by atoms with E-state index in [2.05, 4.69) is 16.9 Å². The van der Waals surface area contributed by atoms with Crippen LogP contribution >= 0.6 is 0 Å². The third-order valence-electron chi connectivity index (χ3n) is 3.73. The smallest absolute Gasteiger partial charge is 0.279 e. The first kappa shape index (κ1) is 9.01. The summed E-state index contributed by atoms with van der Waals surface area (Å²) in [6.45, 7) is 1.14. The molecule has 3 heteroatoms. The van der Waals surface area contributed by atoms with Crippen LogP contribution in [0.15, 0.2) is 0 Å². The third kappa shape index (κ3) is 1.22. The molecule has 1 aliphatic heterocycles. The molecule has 0 fully saturated rings. The zero-order chi connectivity index (χ0) is 10.4. The van der Waals surface area contributed by atoms with Gasteiger partial charge in [-0.05, 0) is 25.7 Å². The summed E-state index contributed by atoms with van der Waals surface area (Å²) >= 11 is 0. The summed E-state index contributed by atoms with van der Waals surface area (Å²) in [6, 6.07) is 0. The summed E-state index contributed by atoms with van der Waals surface area (Å²) in [6.07, 6.45) is 5.94. The van der Waals surface area contributed by atoms with Gasteiger partial charge in [-0.25, -0.2) is 4.98 Å². The average molecular weight is 204 g/mol. The van der Waals surface area contributed by atoms with Crippen LogP contribution in [0.5, 0.6) is 0 Å². The molecule has 3 nitrogen and oxygen atoms in total. The monoisotopic (exact) mass is 204 g/mol. The van der Waals surface area contributed by atoms with Crippen molar-refractivity contribution in [1.82, 2.24) is 0 Å². The fraction of sp³-hybridized carbons (Fsp3) is 0.583. The Bertz CT molecular complexity index is 412. The molecule has 0 radical (unpaired) electrons. The Morgan fingerprint density at radius 2 is 1.93 bits per heavy atom. The summed E-state index contributed by atoms with van der Waals surface area (Å²) in [5.74, 6) is 1.26. The number of rotatable bonds is 0. The second kappa shape index (κ2) is 3.12. The Morgan fingerprint density at radius 3 is 2.80 bits per heavy atom. The topological polar surface area (TPSA) is 43.4 Å². The minimum absolute atomic E-state index is 1.07. The zero-order valence-corrected chi connectivity index (χ0v) is 9.27. The molecular formula is C12H18N3+. The van der Waals surface area contributed by atoms with E-state index in [1.165, 1.54) is 41.9 Å². The first-order chi connectivity index (χ1) is 7.27. The average Bonchev–Trinajstić information content (AvgIpc) is 2.68. The van der Waals surface area contributed by atoms with E-state index >= 15 is 0 Å². The van der Waals surface area contributed by atoms with Crippen LogP contribution in [0.4, 0.5) is 11.5 Å². The highest BCUT2D eigenvalue weighted by atomic mass is 15.2. The quantitative estimate of drug-likeness (QED) is 0.684. The van der Waals surface area contributed by atoms with Crippen molar-refractivity contribution in [2.24, 2.45) is 0 Å². The molecule has 0 saturated carbocycles. The largest absolute Gasteiger partial charge is 0.398 e. The highest BCUT2D eigenvalue weighted by molar-refractivity contribution is 5.64. The van der Waals surface area contributed by atoms with Gasteiger partial charge in [-0.2, -0.15) is 0 Å². The molecule has 80 valence electrons. The summed E-state index contributed by atoms with van der Waals surface area (Å²) in [5, 5.41) is 0. The maximum atomic E-state index is 6.27. The number of aryl methyl sites for hydroxylation is 1. The molecule has 0 saturated heterocycles. The predicted molar refractivity (Wildman–Crippen MR) is 61.0 cm³/mol. The molecule has 3 N–H and O–H groups in total.